The van der Waals surface area contributed by atoms with Crippen LogP contribution in [0.1, 0.15) is 55.6 Å². The van der Waals surface area contributed by atoms with Gasteiger partial charge in [-0.3, -0.25) is 0 Å². The summed E-state index contributed by atoms with van der Waals surface area (Å²) >= 11 is 47.0. The van der Waals surface area contributed by atoms with Crippen LogP contribution in [0.15, 0.2) is 163 Å². The molecule has 0 amide bonds. The maximum atomic E-state index is 12.5. The van der Waals surface area contributed by atoms with Crippen molar-refractivity contribution < 1.29 is 30.7 Å². The number of alkyl halides is 3. The van der Waals surface area contributed by atoms with Crippen molar-refractivity contribution in [3.63, 3.8) is 0 Å². The predicted molar refractivity (Wildman–Crippen MR) is 320 cm³/mol. The highest BCUT2D eigenvalue weighted by molar-refractivity contribution is 9.11. The van der Waals surface area contributed by atoms with Crippen molar-refractivity contribution >= 4 is 133 Å². The van der Waals surface area contributed by atoms with Gasteiger partial charge in [-0.1, -0.05) is 139 Å². The maximum Gasteiger partial charge on any atom is 0.416 e. The third kappa shape index (κ3) is 29.5. The van der Waals surface area contributed by atoms with E-state index < -0.39 is 11.7 Å². The van der Waals surface area contributed by atoms with Crippen LogP contribution in [-0.2, 0) is 6.18 Å². The Morgan fingerprint density at radius 1 is 0.307 bits per heavy atom. The van der Waals surface area contributed by atoms with Gasteiger partial charge in [0.1, 0.15) is 23.3 Å². The second-order valence-corrected chi connectivity index (χ2v) is 22.1. The minimum atomic E-state index is -4.28. The van der Waals surface area contributed by atoms with Gasteiger partial charge in [-0.2, -0.15) is 13.2 Å². The first-order valence-electron chi connectivity index (χ1n) is 21.9. The molecule has 0 aliphatic heterocycles. The van der Waals surface area contributed by atoms with Crippen LogP contribution in [-0.4, -0.2) is 0 Å². The van der Waals surface area contributed by atoms with E-state index in [2.05, 4.69) is 77.6 Å². The third-order valence-corrected chi connectivity index (χ3v) is 14.2. The van der Waals surface area contributed by atoms with E-state index in [0.29, 0.717) is 26.2 Å². The summed E-state index contributed by atoms with van der Waals surface area (Å²) in [5.41, 5.74) is 7.29. The normalized spacial score (nSPS) is 10.0. The van der Waals surface area contributed by atoms with Crippen LogP contribution in [0, 0.1) is 85.6 Å². The summed E-state index contributed by atoms with van der Waals surface area (Å²) in [4.78, 5) is 0. The molecule has 0 atom stereocenters. The fourth-order valence-corrected chi connectivity index (χ4v) is 7.88. The molecule has 0 nitrogen and oxygen atoms in total. The molecule has 8 aromatic rings. The molecule has 0 aromatic heterocycles. The highest BCUT2D eigenvalue weighted by atomic mass is 79.9. The molecular weight excluding hydrogens is 1360 g/mol. The molecule has 17 heteroatoms. The molecule has 0 radical (unpaired) electrons. The van der Waals surface area contributed by atoms with Crippen LogP contribution in [0.5, 0.6) is 0 Å². The van der Waals surface area contributed by atoms with Crippen LogP contribution < -0.4 is 0 Å². The van der Waals surface area contributed by atoms with Crippen molar-refractivity contribution in [2.45, 2.75) is 68.5 Å². The zero-order valence-electron chi connectivity index (χ0n) is 41.8. The number of hydrogen-bond donors (Lipinski definition) is 0. The number of benzene rings is 8. The van der Waals surface area contributed by atoms with Crippen LogP contribution in [0.2, 0.25) is 30.1 Å². The summed E-state index contributed by atoms with van der Waals surface area (Å²) in [6, 6.07) is 39.2. The molecule has 402 valence electrons. The highest BCUT2D eigenvalue weighted by Crippen LogP contribution is 2.33. The van der Waals surface area contributed by atoms with Crippen molar-refractivity contribution in [2.75, 3.05) is 0 Å². The lowest BCUT2D eigenvalue weighted by Gasteiger charge is -2.09. The van der Waals surface area contributed by atoms with E-state index in [-0.39, 0.29) is 28.8 Å². The van der Waals surface area contributed by atoms with Gasteiger partial charge < -0.3 is 0 Å². The lowest BCUT2D eigenvalue weighted by Crippen LogP contribution is -2.06. The van der Waals surface area contributed by atoms with Gasteiger partial charge in [-0.05, 0) is 252 Å². The summed E-state index contributed by atoms with van der Waals surface area (Å²) in [6.07, 6.45) is -4.28. The Kier molecular flexibility index (Phi) is 33.1. The Balaban J connectivity index is 0.000000429. The molecule has 0 heterocycles. The Bertz CT molecular complexity index is 2580. The first kappa shape index (κ1) is 69.9. The minimum Gasteiger partial charge on any atom is -0.207 e. The fraction of sp³-hybridized carbons (Fsp3) is 0.172. The summed E-state index contributed by atoms with van der Waals surface area (Å²) in [5, 5.41) is 3.93. The largest absolute Gasteiger partial charge is 0.416 e. The van der Waals surface area contributed by atoms with E-state index in [1.807, 2.05) is 75.4 Å². The molecule has 0 N–H and O–H groups in total. The highest BCUT2D eigenvalue weighted by Gasteiger charge is 2.32. The molecule has 0 aliphatic carbocycles. The number of hydrogen-bond acceptors (Lipinski definition) is 0. The van der Waals surface area contributed by atoms with Crippen molar-refractivity contribution in [1.29, 1.82) is 0 Å². The van der Waals surface area contributed by atoms with E-state index in [0.717, 1.165) is 55.7 Å². The molecule has 8 aromatic carbocycles. The first-order valence-corrected chi connectivity index (χ1v) is 27.3. The molecule has 75 heavy (non-hydrogen) atoms. The number of rotatable bonds is 0. The van der Waals surface area contributed by atoms with Gasteiger partial charge in [0.15, 0.2) is 0 Å². The van der Waals surface area contributed by atoms with Crippen LogP contribution in [0.3, 0.4) is 0 Å². The number of halogens is 17. The van der Waals surface area contributed by atoms with Crippen LogP contribution >= 0.6 is 133 Å². The zero-order chi connectivity index (χ0) is 57.3. The van der Waals surface area contributed by atoms with Crippen molar-refractivity contribution in [1.82, 2.24) is 0 Å². The monoisotopic (exact) mass is 1410 g/mol. The van der Waals surface area contributed by atoms with E-state index in [4.69, 9.17) is 69.6 Å². The SMILES string of the molecule is Cc1cc(Br)ccc1Cl.Cc1cc(Br)ccc1F.Cc1cc(Cl)ccc1Br.Cc1cc(Cl)ccc1C(F)(F)F.Cc1cc(Cl)ccc1F.Cc1cc(F)ccc1Br.Cc1cc(F)ccc1Cl.Cc1ccc(Cl)cc1C. The predicted octanol–water partition coefficient (Wildman–Crippen LogP) is 24.8. The van der Waals surface area contributed by atoms with Gasteiger partial charge in [0.25, 0.3) is 0 Å². The number of aryl methyl sites for hydroxylation is 9. The molecule has 0 aliphatic rings. The second kappa shape index (κ2) is 35.4. The van der Waals surface area contributed by atoms with E-state index in [9.17, 15) is 30.7 Å². The quantitative estimate of drug-likeness (QED) is 0.133. The van der Waals surface area contributed by atoms with Gasteiger partial charge in [-0.15, -0.1) is 0 Å². The Labute approximate surface area is 500 Å². The van der Waals surface area contributed by atoms with Crippen molar-refractivity contribution in [3.05, 3.63) is 273 Å². The Morgan fingerprint density at radius 3 is 0.973 bits per heavy atom. The zero-order valence-corrected chi connectivity index (χ0v) is 52.7. The molecular formula is C58H51Br4Cl6F7. The van der Waals surface area contributed by atoms with E-state index in [1.54, 1.807) is 51.1 Å². The molecule has 8 rings (SSSR count). The van der Waals surface area contributed by atoms with E-state index >= 15 is 0 Å². The molecule has 0 bridgehead atoms. The molecule has 0 fully saturated rings. The molecule has 0 saturated carbocycles. The maximum absolute atomic E-state index is 12.5. The third-order valence-electron chi connectivity index (χ3n) is 9.68. The van der Waals surface area contributed by atoms with Gasteiger partial charge in [0, 0.05) is 48.0 Å². The molecule has 0 saturated heterocycles. The van der Waals surface area contributed by atoms with E-state index in [1.165, 1.54) is 78.2 Å². The molecule has 0 unspecified atom stereocenters. The fourth-order valence-electron chi connectivity index (χ4n) is 5.30. The average Bonchev–Trinajstić information content (AvgIpc) is 3.31. The standard InChI is InChI=1S/C8H6ClF3.C8H9Cl.2C7H6BrCl.2C7H6BrF.2C7H6ClF/c1-5-4-6(9)2-3-7(5)8(10,11)12;1-6-3-4-8(9)5-7(6)2;1-5-4-6(9)2-3-7(5)8;1-5-4-6(8)2-3-7(5)9;1-5-4-6(9)2-3-7(5)8;1-5-4-6(8)2-3-7(5)9;1-5-4-6(9)2-3-7(5)8;1-5-4-6(8)2-3-7(5)9/h2-4H,1H3;3-5H,1-2H3;6*2-4H,1H3. The minimum absolute atomic E-state index is 0.148. The van der Waals surface area contributed by atoms with Gasteiger partial charge in [0.05, 0.1) is 5.56 Å². The molecule has 0 spiro atoms. The lowest BCUT2D eigenvalue weighted by atomic mass is 10.1. The van der Waals surface area contributed by atoms with Gasteiger partial charge in [-0.25, -0.2) is 17.6 Å². The Hall–Kier alpha value is -3.07. The Morgan fingerprint density at radius 2 is 0.640 bits per heavy atom. The van der Waals surface area contributed by atoms with Gasteiger partial charge >= 0.3 is 6.18 Å². The average molecular weight is 1410 g/mol. The van der Waals surface area contributed by atoms with Crippen LogP contribution in [0.4, 0.5) is 30.7 Å². The van der Waals surface area contributed by atoms with Crippen molar-refractivity contribution in [2.24, 2.45) is 0 Å². The van der Waals surface area contributed by atoms with Crippen molar-refractivity contribution in [3.8, 4) is 0 Å². The first-order chi connectivity index (χ1) is 34.8. The summed E-state index contributed by atoms with van der Waals surface area (Å²) in [6.45, 7) is 16.5. The summed E-state index contributed by atoms with van der Waals surface area (Å²) in [7, 11) is 0. The smallest absolute Gasteiger partial charge is 0.207 e. The lowest BCUT2D eigenvalue weighted by molar-refractivity contribution is -0.138. The van der Waals surface area contributed by atoms with Crippen LogP contribution in [0.25, 0.3) is 0 Å². The summed E-state index contributed by atoms with van der Waals surface area (Å²) < 4.78 is 90.0. The topological polar surface area (TPSA) is 0 Å². The van der Waals surface area contributed by atoms with Gasteiger partial charge in [0.2, 0.25) is 0 Å². The summed E-state index contributed by atoms with van der Waals surface area (Å²) in [5.74, 6) is -0.787. The second-order valence-electron chi connectivity index (χ2n) is 16.0.